The Labute approximate surface area is 60.3 Å². The van der Waals surface area contributed by atoms with Gasteiger partial charge in [-0.15, -0.1) is 0 Å². The molecule has 0 atom stereocenters. The maximum absolute atomic E-state index is 9.56. The minimum absolute atomic E-state index is 0. The number of nitrogens with two attached hydrogens (primary N) is 1. The Morgan fingerprint density at radius 1 is 1.50 bits per heavy atom. The van der Waals surface area contributed by atoms with Gasteiger partial charge in [-0.25, -0.2) is 9.59 Å². The van der Waals surface area contributed by atoms with E-state index in [0.717, 1.165) is 0 Å². The largest absolute Gasteiger partial charge is 0.473 e. The van der Waals surface area contributed by atoms with Gasteiger partial charge in [-0.05, 0) is 0 Å². The number of carboxylic acids is 1. The van der Waals surface area contributed by atoms with Crippen LogP contribution in [-0.4, -0.2) is 17.0 Å². The molecule has 0 aliphatic rings. The Balaban J connectivity index is 0. The van der Waals surface area contributed by atoms with Crippen molar-refractivity contribution in [1.82, 2.24) is 0 Å². The Kier molecular flexibility index (Phi) is 6.34. The summed E-state index contributed by atoms with van der Waals surface area (Å²) in [6.45, 7) is 0. The van der Waals surface area contributed by atoms with Crippen LogP contribution < -0.4 is 5.90 Å². The summed E-state index contributed by atoms with van der Waals surface area (Å²) in [5, 5.41) is 7.63. The fourth-order valence-corrected chi connectivity index (χ4v) is 0.0504. The van der Waals surface area contributed by atoms with Crippen LogP contribution in [0, 0.1) is 0 Å². The van der Waals surface area contributed by atoms with Gasteiger partial charge in [0.15, 0.2) is 0 Å². The summed E-state index contributed by atoms with van der Waals surface area (Å²) in [4.78, 5) is 22.2. The van der Waals surface area contributed by atoms with E-state index in [1.807, 2.05) is 0 Å². The van der Waals surface area contributed by atoms with E-state index in [1.165, 1.54) is 0 Å². The van der Waals surface area contributed by atoms with Crippen molar-refractivity contribution in [1.29, 1.82) is 0 Å². The molecule has 0 aliphatic carbocycles. The first-order valence-electron chi connectivity index (χ1n) is 1.32. The minimum Gasteiger partial charge on any atom is -0.473 e. The molecule has 8 heavy (non-hydrogen) atoms. The number of rotatable bonds is 0. The molecule has 0 rings (SSSR count). The molecule has 1 radical (unpaired) electrons. The third-order valence-corrected chi connectivity index (χ3v) is 0.282. The van der Waals surface area contributed by atoms with Gasteiger partial charge in [-0.1, -0.05) is 0 Å². The van der Waals surface area contributed by atoms with Crippen molar-refractivity contribution in [3.63, 3.8) is 0 Å². The number of hydrogen-bond donors (Lipinski definition) is 2. The van der Waals surface area contributed by atoms with Gasteiger partial charge in [0, 0.05) is 22.4 Å². The molecule has 0 aromatic heterocycles. The molecule has 3 N–H and O–H groups in total. The zero-order valence-electron chi connectivity index (χ0n) is 3.70. The first-order chi connectivity index (χ1) is 3.18. The number of aliphatic carboxylic acids is 1. The second kappa shape index (κ2) is 4.79. The molecule has 0 amide bonds. The molecule has 6 heteroatoms. The maximum atomic E-state index is 9.56. The van der Waals surface area contributed by atoms with Crippen molar-refractivity contribution < 1.29 is 41.9 Å². The first kappa shape index (κ1) is 10.6. The predicted octanol–water partition coefficient (Wildman–Crippen LogP) is -1.51. The van der Waals surface area contributed by atoms with E-state index in [0.29, 0.717) is 0 Å². The summed E-state index contributed by atoms with van der Waals surface area (Å²) in [7, 11) is 0. The van der Waals surface area contributed by atoms with E-state index in [-0.39, 0.29) is 22.4 Å². The Hall–Kier alpha value is -0.360. The Morgan fingerprint density at radius 2 is 1.88 bits per heavy atom. The second-order valence-electron chi connectivity index (χ2n) is 0.710. The van der Waals surface area contributed by atoms with Crippen molar-refractivity contribution in [2.45, 2.75) is 0 Å². The molecule has 45 valence electrons. The standard InChI is InChI=1S/C2H3NO4.Nb/c3-7-2(6)1(4)5;/h3H2,(H,4,5);. The van der Waals surface area contributed by atoms with Gasteiger partial charge in [0.05, 0.1) is 0 Å². The van der Waals surface area contributed by atoms with E-state index in [4.69, 9.17) is 5.11 Å². The molecule has 0 spiro atoms. The van der Waals surface area contributed by atoms with Crippen molar-refractivity contribution >= 4 is 11.9 Å². The average Bonchev–Trinajstić information content (AvgIpc) is 1.65. The molecule has 0 saturated heterocycles. The van der Waals surface area contributed by atoms with Gasteiger partial charge < -0.3 is 9.94 Å². The monoisotopic (exact) mass is 198 g/mol. The SMILES string of the molecule is NOC(=O)C(=O)O.[Nb]. The van der Waals surface area contributed by atoms with Crippen LogP contribution in [0.5, 0.6) is 0 Å². The molecule has 0 bridgehead atoms. The summed E-state index contributed by atoms with van der Waals surface area (Å²) in [5.74, 6) is 0.992. The molecule has 0 saturated carbocycles. The van der Waals surface area contributed by atoms with Crippen LogP contribution in [0.2, 0.25) is 0 Å². The zero-order chi connectivity index (χ0) is 5.86. The predicted molar refractivity (Wildman–Crippen MR) is 17.9 cm³/mol. The number of hydrogen-bond acceptors (Lipinski definition) is 4. The molecule has 0 fully saturated rings. The third kappa shape index (κ3) is 3.82. The first-order valence-corrected chi connectivity index (χ1v) is 1.32. The van der Waals surface area contributed by atoms with E-state index in [9.17, 15) is 9.59 Å². The summed E-state index contributed by atoms with van der Waals surface area (Å²) in [6.07, 6.45) is 0. The molecule has 0 aliphatic heterocycles. The van der Waals surface area contributed by atoms with E-state index in [2.05, 4.69) is 10.7 Å². The van der Waals surface area contributed by atoms with Gasteiger partial charge in [0.1, 0.15) is 0 Å². The Morgan fingerprint density at radius 3 is 1.88 bits per heavy atom. The van der Waals surface area contributed by atoms with Gasteiger partial charge in [0.2, 0.25) is 0 Å². The van der Waals surface area contributed by atoms with E-state index >= 15 is 0 Å². The minimum atomic E-state index is -1.69. The summed E-state index contributed by atoms with van der Waals surface area (Å²) in [5.41, 5.74) is 0. The third-order valence-electron chi connectivity index (χ3n) is 0.282. The summed E-state index contributed by atoms with van der Waals surface area (Å²) in [6, 6.07) is 0. The molecule has 0 aromatic carbocycles. The number of carboxylic acid groups (broad SMARTS) is 1. The summed E-state index contributed by atoms with van der Waals surface area (Å²) >= 11 is 0. The summed E-state index contributed by atoms with van der Waals surface area (Å²) < 4.78 is 0. The fourth-order valence-electron chi connectivity index (χ4n) is 0.0504. The van der Waals surface area contributed by atoms with E-state index in [1.54, 1.807) is 0 Å². The number of carbonyl (C=O) groups is 2. The van der Waals surface area contributed by atoms with Crippen molar-refractivity contribution in [3.8, 4) is 0 Å². The van der Waals surface area contributed by atoms with Crippen LogP contribution in [-0.2, 0) is 36.8 Å². The maximum Gasteiger partial charge on any atom is 0.435 e. The van der Waals surface area contributed by atoms with E-state index < -0.39 is 11.9 Å². The zero-order valence-corrected chi connectivity index (χ0v) is 5.90. The van der Waals surface area contributed by atoms with Crippen molar-refractivity contribution in [2.24, 2.45) is 5.90 Å². The fraction of sp³-hybridized carbons (Fsp3) is 0. The number of carbonyl (C=O) groups excluding carboxylic acids is 1. The van der Waals surface area contributed by atoms with Gasteiger partial charge in [0.25, 0.3) is 0 Å². The Bertz CT molecular complexity index is 102. The molecule has 0 unspecified atom stereocenters. The van der Waals surface area contributed by atoms with Crippen LogP contribution >= 0.6 is 0 Å². The normalized spacial score (nSPS) is 6.62. The van der Waals surface area contributed by atoms with Crippen LogP contribution in [0.15, 0.2) is 0 Å². The molecular formula is C2H3NNbO4. The smallest absolute Gasteiger partial charge is 0.435 e. The van der Waals surface area contributed by atoms with Crippen LogP contribution in [0.3, 0.4) is 0 Å². The molecule has 0 heterocycles. The second-order valence-corrected chi connectivity index (χ2v) is 0.710. The topological polar surface area (TPSA) is 89.6 Å². The molecule has 0 aromatic rings. The van der Waals surface area contributed by atoms with Crippen molar-refractivity contribution in [2.75, 3.05) is 0 Å². The van der Waals surface area contributed by atoms with Crippen molar-refractivity contribution in [3.05, 3.63) is 0 Å². The van der Waals surface area contributed by atoms with Crippen LogP contribution in [0.1, 0.15) is 0 Å². The molecular weight excluding hydrogens is 195 g/mol. The average molecular weight is 198 g/mol. The molecule has 5 nitrogen and oxygen atoms in total. The van der Waals surface area contributed by atoms with Crippen LogP contribution in [0.4, 0.5) is 0 Å². The van der Waals surface area contributed by atoms with Crippen LogP contribution in [0.25, 0.3) is 0 Å². The van der Waals surface area contributed by atoms with Gasteiger partial charge in [-0.2, -0.15) is 5.90 Å². The van der Waals surface area contributed by atoms with Gasteiger partial charge in [-0.3, -0.25) is 0 Å². The van der Waals surface area contributed by atoms with Gasteiger partial charge >= 0.3 is 11.9 Å². The quantitative estimate of drug-likeness (QED) is 0.280.